The van der Waals surface area contributed by atoms with Crippen LogP contribution in [0.15, 0.2) is 66.0 Å². The van der Waals surface area contributed by atoms with Crippen molar-refractivity contribution in [1.29, 1.82) is 0 Å². The van der Waals surface area contributed by atoms with Gasteiger partial charge in [-0.25, -0.2) is 13.6 Å². The summed E-state index contributed by atoms with van der Waals surface area (Å²) in [6.45, 7) is -0.727. The normalized spacial score (nSPS) is 11.4. The fourth-order valence-electron chi connectivity index (χ4n) is 2.70. The quantitative estimate of drug-likeness (QED) is 0.521. The van der Waals surface area contributed by atoms with Gasteiger partial charge >= 0.3 is 5.97 Å². The van der Waals surface area contributed by atoms with Gasteiger partial charge in [-0.1, -0.05) is 36.4 Å². The van der Waals surface area contributed by atoms with Gasteiger partial charge in [0.15, 0.2) is 6.61 Å². The summed E-state index contributed by atoms with van der Waals surface area (Å²) in [6, 6.07) is 13.9. The van der Waals surface area contributed by atoms with Gasteiger partial charge in [0.1, 0.15) is 17.7 Å². The summed E-state index contributed by atoms with van der Waals surface area (Å²) in [5.74, 6) is -3.68. The second-order valence-corrected chi connectivity index (χ2v) is 7.42. The van der Waals surface area contributed by atoms with E-state index in [0.717, 1.165) is 23.8 Å². The minimum atomic E-state index is -1.05. The lowest BCUT2D eigenvalue weighted by molar-refractivity contribution is -0.149. The number of benzene rings is 2. The maximum atomic E-state index is 13.6. The molecule has 0 saturated heterocycles. The minimum absolute atomic E-state index is 0.150. The van der Waals surface area contributed by atoms with Gasteiger partial charge < -0.3 is 15.4 Å². The second-order valence-electron chi connectivity index (χ2n) is 6.47. The third kappa shape index (κ3) is 6.45. The molecule has 0 spiro atoms. The number of ether oxygens (including phenoxy) is 1. The Morgan fingerprint density at radius 2 is 1.77 bits per heavy atom. The Labute approximate surface area is 180 Å². The fourth-order valence-corrected chi connectivity index (χ4v) is 3.32. The van der Waals surface area contributed by atoms with Crippen molar-refractivity contribution < 1.29 is 27.9 Å². The molecule has 0 unspecified atom stereocenters. The van der Waals surface area contributed by atoms with Gasteiger partial charge in [0.2, 0.25) is 0 Å². The molecule has 0 bridgehead atoms. The van der Waals surface area contributed by atoms with Crippen LogP contribution in [0.3, 0.4) is 0 Å². The number of halogens is 2. The number of rotatable bonds is 8. The van der Waals surface area contributed by atoms with Gasteiger partial charge in [0.05, 0.1) is 10.6 Å². The summed E-state index contributed by atoms with van der Waals surface area (Å²) >= 11 is 1.22. The lowest BCUT2D eigenvalue weighted by Gasteiger charge is -2.17. The number of nitrogens with one attached hydrogen (secondary N) is 2. The summed E-state index contributed by atoms with van der Waals surface area (Å²) in [5, 5.41) is 6.49. The molecule has 0 aliphatic carbocycles. The monoisotopic (exact) mass is 444 g/mol. The van der Waals surface area contributed by atoms with E-state index in [9.17, 15) is 23.2 Å². The molecule has 31 heavy (non-hydrogen) atoms. The standard InChI is InChI=1S/C22H18F2N2O4S/c23-15-8-9-16(24)17(12-15)25-20(27)13-30-22(29)18(11-14-5-2-1-3-6-14)26-21(28)19-7-4-10-31-19/h1-10,12,18H,11,13H2,(H,25,27)(H,26,28)/t18-/m0/s1. The minimum Gasteiger partial charge on any atom is -0.454 e. The molecule has 3 aromatic rings. The molecule has 3 rings (SSSR count). The average molecular weight is 444 g/mol. The van der Waals surface area contributed by atoms with Gasteiger partial charge in [-0.3, -0.25) is 9.59 Å². The number of hydrogen-bond acceptors (Lipinski definition) is 5. The van der Waals surface area contributed by atoms with Gasteiger partial charge in [0.25, 0.3) is 11.8 Å². The van der Waals surface area contributed by atoms with E-state index in [1.54, 1.807) is 41.8 Å². The van der Waals surface area contributed by atoms with Crippen LogP contribution in [0.25, 0.3) is 0 Å². The molecule has 0 radical (unpaired) electrons. The van der Waals surface area contributed by atoms with Crippen molar-refractivity contribution in [1.82, 2.24) is 5.32 Å². The molecule has 160 valence electrons. The van der Waals surface area contributed by atoms with E-state index in [-0.39, 0.29) is 12.1 Å². The highest BCUT2D eigenvalue weighted by Gasteiger charge is 2.24. The Kier molecular flexibility index (Phi) is 7.45. The molecule has 1 atom stereocenters. The Morgan fingerprint density at radius 1 is 1.00 bits per heavy atom. The van der Waals surface area contributed by atoms with Crippen LogP contribution in [0.2, 0.25) is 0 Å². The van der Waals surface area contributed by atoms with E-state index in [1.165, 1.54) is 11.3 Å². The molecular weight excluding hydrogens is 426 g/mol. The Balaban J connectivity index is 1.63. The van der Waals surface area contributed by atoms with E-state index in [1.807, 2.05) is 6.07 Å². The van der Waals surface area contributed by atoms with E-state index in [0.29, 0.717) is 4.88 Å². The summed E-state index contributed by atoms with van der Waals surface area (Å²) in [7, 11) is 0. The van der Waals surface area contributed by atoms with Crippen molar-refractivity contribution in [3.8, 4) is 0 Å². The molecule has 1 aromatic heterocycles. The third-order valence-corrected chi connectivity index (χ3v) is 5.03. The Bertz CT molecular complexity index is 1060. The molecule has 2 amide bonds. The summed E-state index contributed by atoms with van der Waals surface area (Å²) in [4.78, 5) is 37.4. The third-order valence-electron chi connectivity index (χ3n) is 4.17. The number of hydrogen-bond donors (Lipinski definition) is 2. The largest absolute Gasteiger partial charge is 0.454 e. The smallest absolute Gasteiger partial charge is 0.329 e. The number of amides is 2. The lowest BCUT2D eigenvalue weighted by Crippen LogP contribution is -2.43. The van der Waals surface area contributed by atoms with Gasteiger partial charge in [0, 0.05) is 12.5 Å². The SMILES string of the molecule is O=C(COC(=O)[C@H](Cc1ccccc1)NC(=O)c1cccs1)Nc1cc(F)ccc1F. The number of thiophene rings is 1. The van der Waals surface area contributed by atoms with Crippen LogP contribution in [0, 0.1) is 11.6 Å². The number of anilines is 1. The van der Waals surface area contributed by atoms with Crippen LogP contribution in [0.1, 0.15) is 15.2 Å². The first kappa shape index (κ1) is 22.1. The highest BCUT2D eigenvalue weighted by Crippen LogP contribution is 2.15. The van der Waals surface area contributed by atoms with Crippen molar-refractivity contribution in [3.05, 3.63) is 88.1 Å². The average Bonchev–Trinajstić information content (AvgIpc) is 3.30. The number of esters is 1. The summed E-state index contributed by atoms with van der Waals surface area (Å²) < 4.78 is 31.9. The molecule has 0 aliphatic rings. The van der Waals surface area contributed by atoms with E-state index < -0.39 is 42.1 Å². The first-order chi connectivity index (χ1) is 14.9. The van der Waals surface area contributed by atoms with Crippen molar-refractivity contribution in [3.63, 3.8) is 0 Å². The maximum Gasteiger partial charge on any atom is 0.329 e. The van der Waals surface area contributed by atoms with Crippen molar-refractivity contribution >= 4 is 34.8 Å². The zero-order valence-electron chi connectivity index (χ0n) is 16.1. The van der Waals surface area contributed by atoms with Gasteiger partial charge in [-0.2, -0.15) is 0 Å². The van der Waals surface area contributed by atoms with Crippen LogP contribution in [0.4, 0.5) is 14.5 Å². The predicted molar refractivity (Wildman–Crippen MR) is 112 cm³/mol. The van der Waals surface area contributed by atoms with E-state index in [2.05, 4.69) is 10.6 Å². The second kappa shape index (κ2) is 10.4. The molecule has 9 heteroatoms. The van der Waals surface area contributed by atoms with Crippen LogP contribution < -0.4 is 10.6 Å². The van der Waals surface area contributed by atoms with E-state index in [4.69, 9.17) is 4.74 Å². The molecule has 0 fully saturated rings. The van der Waals surface area contributed by atoms with Crippen molar-refractivity contribution in [2.45, 2.75) is 12.5 Å². The molecular formula is C22H18F2N2O4S. The molecule has 0 aliphatic heterocycles. The highest BCUT2D eigenvalue weighted by atomic mass is 32.1. The van der Waals surface area contributed by atoms with Crippen molar-refractivity contribution in [2.75, 3.05) is 11.9 Å². The highest BCUT2D eigenvalue weighted by molar-refractivity contribution is 7.12. The number of carbonyl (C=O) groups is 3. The zero-order chi connectivity index (χ0) is 22.2. The number of carbonyl (C=O) groups excluding carboxylic acids is 3. The van der Waals surface area contributed by atoms with E-state index >= 15 is 0 Å². The van der Waals surface area contributed by atoms with Crippen LogP contribution in [0.5, 0.6) is 0 Å². The zero-order valence-corrected chi connectivity index (χ0v) is 17.0. The Morgan fingerprint density at radius 3 is 2.48 bits per heavy atom. The molecule has 6 nitrogen and oxygen atoms in total. The topological polar surface area (TPSA) is 84.5 Å². The first-order valence-electron chi connectivity index (χ1n) is 9.22. The fraction of sp³-hybridized carbons (Fsp3) is 0.136. The van der Waals surface area contributed by atoms with Gasteiger partial charge in [-0.05, 0) is 29.1 Å². The lowest BCUT2D eigenvalue weighted by atomic mass is 10.1. The molecule has 2 N–H and O–H groups in total. The molecule has 1 heterocycles. The first-order valence-corrected chi connectivity index (χ1v) is 10.1. The van der Waals surface area contributed by atoms with Crippen LogP contribution in [-0.2, 0) is 20.7 Å². The summed E-state index contributed by atoms with van der Waals surface area (Å²) in [5.41, 5.74) is 0.412. The predicted octanol–water partition coefficient (Wildman–Crippen LogP) is 3.55. The van der Waals surface area contributed by atoms with Crippen LogP contribution in [-0.4, -0.2) is 30.4 Å². The van der Waals surface area contributed by atoms with Gasteiger partial charge in [-0.15, -0.1) is 11.3 Å². The molecule has 0 saturated carbocycles. The Hall–Kier alpha value is -3.59. The molecule has 2 aromatic carbocycles. The van der Waals surface area contributed by atoms with Crippen molar-refractivity contribution in [2.24, 2.45) is 0 Å². The summed E-state index contributed by atoms with van der Waals surface area (Å²) in [6.07, 6.45) is 0.150. The maximum absolute atomic E-state index is 13.6. The van der Waals surface area contributed by atoms with Crippen LogP contribution >= 0.6 is 11.3 Å².